The first-order valence-corrected chi connectivity index (χ1v) is 9.17. The predicted molar refractivity (Wildman–Crippen MR) is 104 cm³/mol. The summed E-state index contributed by atoms with van der Waals surface area (Å²) in [5.74, 6) is 0.202. The van der Waals surface area contributed by atoms with Gasteiger partial charge >= 0.3 is 0 Å². The van der Waals surface area contributed by atoms with Crippen LogP contribution in [0.5, 0.6) is 0 Å². The molecule has 0 saturated carbocycles. The van der Waals surface area contributed by atoms with Gasteiger partial charge in [0.25, 0.3) is 5.91 Å². The lowest BCUT2D eigenvalue weighted by atomic mass is 9.97. The molecule has 27 heavy (non-hydrogen) atoms. The molecule has 1 fully saturated rings. The molecule has 1 aliphatic rings. The molecule has 1 saturated heterocycles. The summed E-state index contributed by atoms with van der Waals surface area (Å²) in [6.45, 7) is 3.00. The molecule has 4 rings (SSSR count). The lowest BCUT2D eigenvalue weighted by Gasteiger charge is -2.31. The zero-order valence-corrected chi connectivity index (χ0v) is 15.3. The van der Waals surface area contributed by atoms with Gasteiger partial charge in [0.15, 0.2) is 0 Å². The first-order valence-electron chi connectivity index (χ1n) is 9.17. The highest BCUT2D eigenvalue weighted by Crippen LogP contribution is 2.24. The number of nitrogens with two attached hydrogens (primary N) is 1. The van der Waals surface area contributed by atoms with E-state index in [1.165, 1.54) is 0 Å². The van der Waals surface area contributed by atoms with E-state index in [4.69, 9.17) is 5.73 Å². The number of carbonyl (C=O) groups excluding carboxylic acids is 2. The number of nitrogens with zero attached hydrogens (tertiary/aromatic N) is 3. The van der Waals surface area contributed by atoms with E-state index in [2.05, 4.69) is 9.55 Å². The summed E-state index contributed by atoms with van der Waals surface area (Å²) in [6.07, 6.45) is 1.54. The van der Waals surface area contributed by atoms with Crippen molar-refractivity contribution in [2.75, 3.05) is 13.1 Å². The minimum absolute atomic E-state index is 0.0743. The molecule has 3 aromatic rings. The zero-order valence-electron chi connectivity index (χ0n) is 15.3. The number of likely N-dealkylation sites (tertiary alicyclic amines) is 1. The van der Waals surface area contributed by atoms with Crippen molar-refractivity contribution in [2.24, 2.45) is 11.7 Å². The second-order valence-electron chi connectivity index (χ2n) is 7.03. The van der Waals surface area contributed by atoms with Gasteiger partial charge in [-0.3, -0.25) is 14.2 Å². The van der Waals surface area contributed by atoms with Crippen molar-refractivity contribution in [3.8, 4) is 5.69 Å². The topological polar surface area (TPSA) is 81.2 Å². The maximum absolute atomic E-state index is 12.9. The van der Waals surface area contributed by atoms with E-state index in [1.54, 1.807) is 4.90 Å². The van der Waals surface area contributed by atoms with Gasteiger partial charge in [-0.2, -0.15) is 0 Å². The number of fused-ring (bicyclic) bond motifs is 1. The Labute approximate surface area is 157 Å². The average molecular weight is 362 g/mol. The Morgan fingerprint density at radius 3 is 2.67 bits per heavy atom. The van der Waals surface area contributed by atoms with Gasteiger partial charge in [-0.25, -0.2) is 4.98 Å². The third-order valence-corrected chi connectivity index (χ3v) is 5.19. The second kappa shape index (κ2) is 6.87. The lowest BCUT2D eigenvalue weighted by molar-refractivity contribution is -0.123. The minimum Gasteiger partial charge on any atom is -0.369 e. The number of rotatable bonds is 3. The first kappa shape index (κ1) is 17.3. The van der Waals surface area contributed by atoms with Crippen LogP contribution in [0.2, 0.25) is 0 Å². The van der Waals surface area contributed by atoms with Crippen LogP contribution in [-0.2, 0) is 4.79 Å². The molecule has 0 aliphatic carbocycles. The Kier molecular flexibility index (Phi) is 4.39. The molecule has 1 aromatic heterocycles. The number of para-hydroxylation sites is 1. The number of aryl methyl sites for hydroxylation is 1. The number of imidazole rings is 1. The standard InChI is InChI=1S/C21H22N4O2/c1-14-23-18-12-15(21(27)24-11-5-6-16(13-24)20(22)26)9-10-19(18)25(14)17-7-3-2-4-8-17/h2-4,7-10,12,16H,5-6,11,13H2,1H3,(H2,22,26). The van der Waals surface area contributed by atoms with Crippen molar-refractivity contribution in [1.82, 2.24) is 14.5 Å². The quantitative estimate of drug-likeness (QED) is 0.778. The minimum atomic E-state index is -0.333. The van der Waals surface area contributed by atoms with Crippen LogP contribution < -0.4 is 5.73 Å². The molecule has 6 heteroatoms. The number of carbonyl (C=O) groups is 2. The molecule has 0 radical (unpaired) electrons. The number of benzene rings is 2. The van der Waals surface area contributed by atoms with Gasteiger partial charge in [-0.1, -0.05) is 18.2 Å². The van der Waals surface area contributed by atoms with Gasteiger partial charge in [0.05, 0.1) is 17.0 Å². The Balaban J connectivity index is 1.66. The number of hydrogen-bond acceptors (Lipinski definition) is 3. The van der Waals surface area contributed by atoms with Crippen molar-refractivity contribution in [3.63, 3.8) is 0 Å². The Morgan fingerprint density at radius 1 is 1.15 bits per heavy atom. The first-order chi connectivity index (χ1) is 13.0. The van der Waals surface area contributed by atoms with Crippen LogP contribution >= 0.6 is 0 Å². The van der Waals surface area contributed by atoms with Crippen LogP contribution in [0, 0.1) is 12.8 Å². The normalized spacial score (nSPS) is 17.2. The van der Waals surface area contributed by atoms with E-state index in [0.29, 0.717) is 18.7 Å². The average Bonchev–Trinajstić information content (AvgIpc) is 3.03. The van der Waals surface area contributed by atoms with Gasteiger partial charge in [0.2, 0.25) is 5.91 Å². The smallest absolute Gasteiger partial charge is 0.253 e. The highest BCUT2D eigenvalue weighted by Gasteiger charge is 2.27. The zero-order chi connectivity index (χ0) is 19.0. The van der Waals surface area contributed by atoms with Gasteiger partial charge < -0.3 is 10.6 Å². The predicted octanol–water partition coefficient (Wildman–Crippen LogP) is 2.67. The Morgan fingerprint density at radius 2 is 1.93 bits per heavy atom. The van der Waals surface area contributed by atoms with Gasteiger partial charge in [-0.15, -0.1) is 0 Å². The number of aromatic nitrogens is 2. The fourth-order valence-corrected chi connectivity index (χ4v) is 3.81. The molecule has 2 heterocycles. The molecule has 2 N–H and O–H groups in total. The third-order valence-electron chi connectivity index (χ3n) is 5.19. The van der Waals surface area contributed by atoms with Crippen LogP contribution in [0.25, 0.3) is 16.7 Å². The van der Waals surface area contributed by atoms with E-state index in [0.717, 1.165) is 35.4 Å². The maximum atomic E-state index is 12.9. The SMILES string of the molecule is Cc1nc2cc(C(=O)N3CCCC(C(N)=O)C3)ccc2n1-c1ccccc1. The summed E-state index contributed by atoms with van der Waals surface area (Å²) in [5.41, 5.74) is 8.80. The van der Waals surface area contributed by atoms with E-state index in [9.17, 15) is 9.59 Å². The molecule has 1 atom stereocenters. The molecule has 6 nitrogen and oxygen atoms in total. The monoisotopic (exact) mass is 362 g/mol. The van der Waals surface area contributed by atoms with Crippen LogP contribution in [0.15, 0.2) is 48.5 Å². The van der Waals surface area contributed by atoms with Crippen molar-refractivity contribution in [2.45, 2.75) is 19.8 Å². The summed E-state index contributed by atoms with van der Waals surface area (Å²) >= 11 is 0. The molecule has 2 aromatic carbocycles. The van der Waals surface area contributed by atoms with Crippen LogP contribution in [0.3, 0.4) is 0 Å². The molecular formula is C21H22N4O2. The van der Waals surface area contributed by atoms with Crippen LogP contribution in [0.4, 0.5) is 0 Å². The number of amides is 2. The van der Waals surface area contributed by atoms with Crippen LogP contribution in [0.1, 0.15) is 29.0 Å². The van der Waals surface area contributed by atoms with Gasteiger partial charge in [0, 0.05) is 24.3 Å². The van der Waals surface area contributed by atoms with Gasteiger partial charge in [0.1, 0.15) is 5.82 Å². The summed E-state index contributed by atoms with van der Waals surface area (Å²) in [4.78, 5) is 30.8. The molecule has 138 valence electrons. The summed E-state index contributed by atoms with van der Waals surface area (Å²) in [7, 11) is 0. The number of piperidine rings is 1. The van der Waals surface area contributed by atoms with E-state index in [-0.39, 0.29) is 17.7 Å². The molecular weight excluding hydrogens is 340 g/mol. The van der Waals surface area contributed by atoms with E-state index in [1.807, 2.05) is 55.5 Å². The van der Waals surface area contributed by atoms with Crippen molar-refractivity contribution >= 4 is 22.8 Å². The number of primary amides is 1. The van der Waals surface area contributed by atoms with Gasteiger partial charge in [-0.05, 0) is 50.1 Å². The summed E-state index contributed by atoms with van der Waals surface area (Å²) < 4.78 is 2.08. The van der Waals surface area contributed by atoms with Crippen molar-refractivity contribution < 1.29 is 9.59 Å². The largest absolute Gasteiger partial charge is 0.369 e. The summed E-state index contributed by atoms with van der Waals surface area (Å²) in [5, 5.41) is 0. The maximum Gasteiger partial charge on any atom is 0.253 e. The van der Waals surface area contributed by atoms with E-state index >= 15 is 0 Å². The molecule has 1 unspecified atom stereocenters. The fourth-order valence-electron chi connectivity index (χ4n) is 3.81. The summed E-state index contributed by atoms with van der Waals surface area (Å²) in [6, 6.07) is 15.6. The molecule has 1 aliphatic heterocycles. The second-order valence-corrected chi connectivity index (χ2v) is 7.03. The lowest BCUT2D eigenvalue weighted by Crippen LogP contribution is -2.44. The van der Waals surface area contributed by atoms with Crippen molar-refractivity contribution in [3.05, 3.63) is 59.9 Å². The Bertz CT molecular complexity index is 1010. The van der Waals surface area contributed by atoms with Crippen LogP contribution in [-0.4, -0.2) is 39.4 Å². The molecule has 0 bridgehead atoms. The highest BCUT2D eigenvalue weighted by molar-refractivity contribution is 5.98. The van der Waals surface area contributed by atoms with E-state index < -0.39 is 0 Å². The molecule has 2 amide bonds. The number of hydrogen-bond donors (Lipinski definition) is 1. The Hall–Kier alpha value is -3.15. The molecule has 0 spiro atoms. The third kappa shape index (κ3) is 3.18. The highest BCUT2D eigenvalue weighted by atomic mass is 16.2. The fraction of sp³-hybridized carbons (Fsp3) is 0.286. The van der Waals surface area contributed by atoms with Crippen molar-refractivity contribution in [1.29, 1.82) is 0 Å².